The summed E-state index contributed by atoms with van der Waals surface area (Å²) in [7, 11) is -3.65. The van der Waals surface area contributed by atoms with Gasteiger partial charge >= 0.3 is 0 Å². The fraction of sp³-hybridized carbons (Fsp3) is 0.500. The van der Waals surface area contributed by atoms with Crippen molar-refractivity contribution in [2.24, 2.45) is 0 Å². The average Bonchev–Trinajstić information content (AvgIpc) is 2.96. The largest absolute Gasteiger partial charge is 0.482 e. The normalized spacial score (nSPS) is 22.0. The molecule has 3 rings (SSSR count). The number of sulfonamides is 1. The molecule has 2 aliphatic heterocycles. The van der Waals surface area contributed by atoms with E-state index in [0.29, 0.717) is 24.4 Å². The molecule has 1 aromatic carbocycles. The van der Waals surface area contributed by atoms with E-state index in [9.17, 15) is 13.2 Å². The first kappa shape index (κ1) is 15.3. The lowest BCUT2D eigenvalue weighted by molar-refractivity contribution is -0.118. The summed E-state index contributed by atoms with van der Waals surface area (Å²) >= 11 is 0. The van der Waals surface area contributed by atoms with E-state index in [2.05, 4.69) is 5.32 Å². The van der Waals surface area contributed by atoms with Crippen LogP contribution in [0, 0.1) is 0 Å². The van der Waals surface area contributed by atoms with Crippen LogP contribution >= 0.6 is 0 Å². The summed E-state index contributed by atoms with van der Waals surface area (Å²) in [5, 5.41) is 11.7. The Morgan fingerprint density at radius 1 is 1.41 bits per heavy atom. The Labute approximate surface area is 128 Å². The highest BCUT2D eigenvalue weighted by molar-refractivity contribution is 7.89. The summed E-state index contributed by atoms with van der Waals surface area (Å²) in [6.45, 7) is 0.349. The summed E-state index contributed by atoms with van der Waals surface area (Å²) in [4.78, 5) is 11.5. The number of aliphatic hydroxyl groups is 1. The molecule has 2 heterocycles. The third-order valence-electron chi connectivity index (χ3n) is 3.98. The predicted molar refractivity (Wildman–Crippen MR) is 79.2 cm³/mol. The third kappa shape index (κ3) is 2.69. The number of carbonyl (C=O) groups is 1. The number of nitrogens with one attached hydrogen (secondary N) is 1. The van der Waals surface area contributed by atoms with Crippen molar-refractivity contribution in [1.29, 1.82) is 0 Å². The Bertz CT molecular complexity index is 688. The monoisotopic (exact) mass is 326 g/mol. The van der Waals surface area contributed by atoms with Gasteiger partial charge in [0, 0.05) is 19.2 Å². The summed E-state index contributed by atoms with van der Waals surface area (Å²) in [5.74, 6) is 0.160. The van der Waals surface area contributed by atoms with Gasteiger partial charge in [-0.1, -0.05) is 0 Å². The highest BCUT2D eigenvalue weighted by Gasteiger charge is 2.35. The molecule has 1 atom stereocenters. The Hall–Kier alpha value is -1.64. The van der Waals surface area contributed by atoms with Gasteiger partial charge in [-0.05, 0) is 37.5 Å². The number of carbonyl (C=O) groups excluding carboxylic acids is 1. The fourth-order valence-corrected chi connectivity index (χ4v) is 4.67. The number of ether oxygens (including phenoxy) is 1. The van der Waals surface area contributed by atoms with Crippen LogP contribution in [0.3, 0.4) is 0 Å². The van der Waals surface area contributed by atoms with E-state index in [-0.39, 0.29) is 30.1 Å². The summed E-state index contributed by atoms with van der Waals surface area (Å²) in [6, 6.07) is 4.30. The van der Waals surface area contributed by atoms with Gasteiger partial charge in [0.15, 0.2) is 6.61 Å². The molecule has 0 aliphatic carbocycles. The summed E-state index contributed by atoms with van der Waals surface area (Å²) in [5.41, 5.74) is 0.371. The summed E-state index contributed by atoms with van der Waals surface area (Å²) in [6.07, 6.45) is 1.98. The van der Waals surface area contributed by atoms with E-state index in [0.717, 1.165) is 12.8 Å². The quantitative estimate of drug-likeness (QED) is 0.842. The fourth-order valence-electron chi connectivity index (χ4n) is 2.92. The van der Waals surface area contributed by atoms with Gasteiger partial charge in [-0.15, -0.1) is 0 Å². The third-order valence-corrected chi connectivity index (χ3v) is 5.92. The van der Waals surface area contributed by atoms with Crippen molar-refractivity contribution in [2.45, 2.75) is 30.2 Å². The Morgan fingerprint density at radius 3 is 3.00 bits per heavy atom. The lowest BCUT2D eigenvalue weighted by Gasteiger charge is -2.24. The molecular formula is C14H18N2O5S. The molecular weight excluding hydrogens is 308 g/mol. The van der Waals surface area contributed by atoms with Crippen LogP contribution in [0.2, 0.25) is 0 Å². The SMILES string of the molecule is O=C1COc2ccc(S(=O)(=O)N3CCC[C@@H]3CCO)cc2N1. The molecule has 1 amide bonds. The van der Waals surface area contributed by atoms with Gasteiger partial charge in [0.25, 0.3) is 5.91 Å². The Morgan fingerprint density at radius 2 is 2.23 bits per heavy atom. The Kier molecular flexibility index (Phi) is 4.07. The van der Waals surface area contributed by atoms with Crippen molar-refractivity contribution in [3.8, 4) is 5.75 Å². The zero-order chi connectivity index (χ0) is 15.7. The second-order valence-corrected chi connectivity index (χ2v) is 7.31. The second kappa shape index (κ2) is 5.86. The van der Waals surface area contributed by atoms with E-state index >= 15 is 0 Å². The predicted octanol–water partition coefficient (Wildman–Crippen LogP) is 0.553. The van der Waals surface area contributed by atoms with Crippen LogP contribution < -0.4 is 10.1 Å². The van der Waals surface area contributed by atoms with Crippen molar-refractivity contribution in [3.05, 3.63) is 18.2 Å². The van der Waals surface area contributed by atoms with Gasteiger partial charge in [-0.2, -0.15) is 4.31 Å². The minimum absolute atomic E-state index is 0.0369. The molecule has 1 fully saturated rings. The molecule has 2 N–H and O–H groups in total. The zero-order valence-corrected chi connectivity index (χ0v) is 12.8. The standard InChI is InChI=1S/C14H18N2O5S/c17-7-5-10-2-1-6-16(10)22(19,20)11-3-4-13-12(8-11)15-14(18)9-21-13/h3-4,8,10,17H,1-2,5-7,9H2,(H,15,18)/t10-/m1/s1. The van der Waals surface area contributed by atoms with Crippen molar-refractivity contribution < 1.29 is 23.1 Å². The van der Waals surface area contributed by atoms with E-state index in [1.54, 1.807) is 6.07 Å². The number of hydrogen-bond acceptors (Lipinski definition) is 5. The minimum atomic E-state index is -3.65. The maximum Gasteiger partial charge on any atom is 0.262 e. The van der Waals surface area contributed by atoms with E-state index in [1.807, 2.05) is 0 Å². The molecule has 22 heavy (non-hydrogen) atoms. The molecule has 2 aliphatic rings. The molecule has 0 unspecified atom stereocenters. The second-order valence-electron chi connectivity index (χ2n) is 5.42. The topological polar surface area (TPSA) is 95.9 Å². The van der Waals surface area contributed by atoms with Crippen molar-refractivity contribution in [2.75, 3.05) is 25.1 Å². The van der Waals surface area contributed by atoms with Crippen LogP contribution in [0.5, 0.6) is 5.75 Å². The van der Waals surface area contributed by atoms with Crippen molar-refractivity contribution in [3.63, 3.8) is 0 Å². The van der Waals surface area contributed by atoms with Crippen LogP contribution in [0.4, 0.5) is 5.69 Å². The number of aliphatic hydroxyl groups excluding tert-OH is 1. The smallest absolute Gasteiger partial charge is 0.262 e. The molecule has 0 spiro atoms. The van der Waals surface area contributed by atoms with Gasteiger partial charge in [0.1, 0.15) is 5.75 Å². The molecule has 7 nitrogen and oxygen atoms in total. The molecule has 0 radical (unpaired) electrons. The van der Waals surface area contributed by atoms with Gasteiger partial charge in [-0.3, -0.25) is 4.79 Å². The number of benzene rings is 1. The van der Waals surface area contributed by atoms with Gasteiger partial charge < -0.3 is 15.2 Å². The van der Waals surface area contributed by atoms with Gasteiger partial charge in [-0.25, -0.2) is 8.42 Å². The first-order valence-corrected chi connectivity index (χ1v) is 8.66. The van der Waals surface area contributed by atoms with E-state index < -0.39 is 10.0 Å². The molecule has 120 valence electrons. The van der Waals surface area contributed by atoms with Crippen molar-refractivity contribution in [1.82, 2.24) is 4.31 Å². The van der Waals surface area contributed by atoms with Gasteiger partial charge in [0.2, 0.25) is 10.0 Å². The number of hydrogen-bond donors (Lipinski definition) is 2. The van der Waals surface area contributed by atoms with Crippen LogP contribution in [0.15, 0.2) is 23.1 Å². The molecule has 8 heteroatoms. The number of fused-ring (bicyclic) bond motifs is 1. The maximum absolute atomic E-state index is 12.8. The lowest BCUT2D eigenvalue weighted by atomic mass is 10.2. The number of rotatable bonds is 4. The first-order chi connectivity index (χ1) is 10.5. The highest BCUT2D eigenvalue weighted by Crippen LogP contribution is 2.33. The molecule has 0 saturated carbocycles. The molecule has 1 aromatic rings. The molecule has 1 saturated heterocycles. The van der Waals surface area contributed by atoms with E-state index in [1.165, 1.54) is 16.4 Å². The average molecular weight is 326 g/mol. The first-order valence-electron chi connectivity index (χ1n) is 7.22. The van der Waals surface area contributed by atoms with E-state index in [4.69, 9.17) is 9.84 Å². The lowest BCUT2D eigenvalue weighted by Crippen LogP contribution is -2.36. The number of anilines is 1. The van der Waals surface area contributed by atoms with Crippen LogP contribution in [-0.4, -0.2) is 49.5 Å². The highest BCUT2D eigenvalue weighted by atomic mass is 32.2. The summed E-state index contributed by atoms with van der Waals surface area (Å²) < 4.78 is 32.2. The number of nitrogens with zero attached hydrogens (tertiary/aromatic N) is 1. The number of amides is 1. The van der Waals surface area contributed by atoms with Crippen molar-refractivity contribution >= 4 is 21.6 Å². The van der Waals surface area contributed by atoms with Crippen LogP contribution in [0.25, 0.3) is 0 Å². The maximum atomic E-state index is 12.8. The minimum Gasteiger partial charge on any atom is -0.482 e. The molecule has 0 bridgehead atoms. The van der Waals surface area contributed by atoms with Crippen LogP contribution in [0.1, 0.15) is 19.3 Å². The zero-order valence-electron chi connectivity index (χ0n) is 12.0. The Balaban J connectivity index is 1.92. The van der Waals surface area contributed by atoms with Crippen LogP contribution in [-0.2, 0) is 14.8 Å². The molecule has 0 aromatic heterocycles. The van der Waals surface area contributed by atoms with Gasteiger partial charge in [0.05, 0.1) is 10.6 Å².